The molecule has 5 heteroatoms. The molecule has 0 saturated carbocycles. The van der Waals surface area contributed by atoms with E-state index in [9.17, 15) is 0 Å². The number of halogens is 1. The number of benzene rings is 2. The summed E-state index contributed by atoms with van der Waals surface area (Å²) in [6.45, 7) is 1.76. The summed E-state index contributed by atoms with van der Waals surface area (Å²) in [6.07, 6.45) is 4.57. The van der Waals surface area contributed by atoms with Crippen molar-refractivity contribution in [3.63, 3.8) is 0 Å². The maximum absolute atomic E-state index is 4.27. The standard InChI is InChI=1S/C18H25N3S.HI/c1-19-18(20-11-5-6-12-22-2)21-14-15-9-10-16-7-3-4-8-17(16)13-15;/h3-4,7-10,13H,5-6,11-12,14H2,1-2H3,(H2,19,20,21);1H. The Morgan fingerprint density at radius 2 is 1.83 bits per heavy atom. The highest BCUT2D eigenvalue weighted by atomic mass is 127. The lowest BCUT2D eigenvalue weighted by Gasteiger charge is -2.12. The fraction of sp³-hybridized carbons (Fsp3) is 0.389. The molecule has 0 aliphatic heterocycles. The predicted molar refractivity (Wildman–Crippen MR) is 115 cm³/mol. The van der Waals surface area contributed by atoms with Gasteiger partial charge in [0.15, 0.2) is 5.96 Å². The van der Waals surface area contributed by atoms with Gasteiger partial charge >= 0.3 is 0 Å². The molecule has 2 rings (SSSR count). The number of rotatable bonds is 7. The van der Waals surface area contributed by atoms with Gasteiger partial charge in [-0.25, -0.2) is 0 Å². The van der Waals surface area contributed by atoms with E-state index in [1.807, 2.05) is 18.8 Å². The van der Waals surface area contributed by atoms with Crippen LogP contribution in [0.15, 0.2) is 47.5 Å². The summed E-state index contributed by atoms with van der Waals surface area (Å²) in [7, 11) is 1.82. The van der Waals surface area contributed by atoms with Crippen LogP contribution >= 0.6 is 35.7 Å². The van der Waals surface area contributed by atoms with Crippen LogP contribution in [0, 0.1) is 0 Å². The van der Waals surface area contributed by atoms with Crippen molar-refractivity contribution in [3.8, 4) is 0 Å². The molecule has 0 bridgehead atoms. The normalized spacial score (nSPS) is 11.1. The Labute approximate surface area is 160 Å². The van der Waals surface area contributed by atoms with Gasteiger partial charge in [-0.15, -0.1) is 24.0 Å². The molecule has 126 valence electrons. The summed E-state index contributed by atoms with van der Waals surface area (Å²) >= 11 is 1.90. The van der Waals surface area contributed by atoms with E-state index in [4.69, 9.17) is 0 Å². The maximum Gasteiger partial charge on any atom is 0.191 e. The van der Waals surface area contributed by atoms with Crippen LogP contribution in [-0.2, 0) is 6.54 Å². The largest absolute Gasteiger partial charge is 0.356 e. The Balaban J connectivity index is 0.00000264. The number of nitrogens with zero attached hydrogens (tertiary/aromatic N) is 1. The summed E-state index contributed by atoms with van der Waals surface area (Å²) in [4.78, 5) is 4.27. The van der Waals surface area contributed by atoms with Crippen molar-refractivity contribution in [3.05, 3.63) is 48.0 Å². The van der Waals surface area contributed by atoms with Crippen molar-refractivity contribution in [2.24, 2.45) is 4.99 Å². The maximum atomic E-state index is 4.27. The molecule has 0 amide bonds. The van der Waals surface area contributed by atoms with Crippen LogP contribution in [-0.4, -0.2) is 31.6 Å². The molecule has 2 aromatic carbocycles. The first kappa shape index (κ1) is 20.1. The Morgan fingerprint density at radius 3 is 2.57 bits per heavy atom. The second kappa shape index (κ2) is 11.6. The Bertz CT molecular complexity index is 616. The monoisotopic (exact) mass is 443 g/mol. The first-order chi connectivity index (χ1) is 10.8. The number of unbranched alkanes of at least 4 members (excludes halogenated alkanes) is 1. The molecule has 0 spiro atoms. The summed E-state index contributed by atoms with van der Waals surface area (Å²) in [5.74, 6) is 2.10. The lowest BCUT2D eigenvalue weighted by atomic mass is 10.1. The van der Waals surface area contributed by atoms with Crippen LogP contribution in [0.1, 0.15) is 18.4 Å². The second-order valence-corrected chi connectivity index (χ2v) is 6.22. The number of aliphatic imine (C=N–C) groups is 1. The molecule has 3 nitrogen and oxygen atoms in total. The van der Waals surface area contributed by atoms with Crippen molar-refractivity contribution in [1.82, 2.24) is 10.6 Å². The number of hydrogen-bond donors (Lipinski definition) is 2. The smallest absolute Gasteiger partial charge is 0.191 e. The number of thioether (sulfide) groups is 1. The number of guanidine groups is 1. The number of hydrogen-bond acceptors (Lipinski definition) is 2. The van der Waals surface area contributed by atoms with Gasteiger partial charge in [0.25, 0.3) is 0 Å². The molecule has 2 aromatic rings. The molecule has 0 radical (unpaired) electrons. The van der Waals surface area contributed by atoms with Crippen LogP contribution in [0.5, 0.6) is 0 Å². The summed E-state index contributed by atoms with van der Waals surface area (Å²) < 4.78 is 0. The van der Waals surface area contributed by atoms with Gasteiger partial charge in [0, 0.05) is 20.1 Å². The van der Waals surface area contributed by atoms with Crippen molar-refractivity contribution in [2.45, 2.75) is 19.4 Å². The summed E-state index contributed by atoms with van der Waals surface area (Å²) in [6, 6.07) is 15.0. The van der Waals surface area contributed by atoms with E-state index >= 15 is 0 Å². The van der Waals surface area contributed by atoms with E-state index in [2.05, 4.69) is 64.3 Å². The Morgan fingerprint density at radius 1 is 1.04 bits per heavy atom. The van der Waals surface area contributed by atoms with Crippen LogP contribution in [0.2, 0.25) is 0 Å². The van der Waals surface area contributed by atoms with E-state index in [0.29, 0.717) is 0 Å². The van der Waals surface area contributed by atoms with E-state index in [1.165, 1.54) is 34.9 Å². The minimum absolute atomic E-state index is 0. The second-order valence-electron chi connectivity index (χ2n) is 5.23. The molecule has 0 unspecified atom stereocenters. The molecule has 0 aliphatic carbocycles. The first-order valence-corrected chi connectivity index (χ1v) is 9.14. The Kier molecular flexibility index (Phi) is 10.1. The molecule has 0 heterocycles. The van der Waals surface area contributed by atoms with Crippen LogP contribution in [0.4, 0.5) is 0 Å². The summed E-state index contributed by atoms with van der Waals surface area (Å²) in [5.41, 5.74) is 1.27. The van der Waals surface area contributed by atoms with Gasteiger partial charge in [0.1, 0.15) is 0 Å². The highest BCUT2D eigenvalue weighted by Gasteiger charge is 1.99. The van der Waals surface area contributed by atoms with Gasteiger partial charge in [-0.2, -0.15) is 11.8 Å². The third-order valence-corrected chi connectivity index (χ3v) is 4.26. The highest BCUT2D eigenvalue weighted by molar-refractivity contribution is 14.0. The zero-order valence-corrected chi connectivity index (χ0v) is 17.0. The lowest BCUT2D eigenvalue weighted by molar-refractivity contribution is 0.733. The van der Waals surface area contributed by atoms with Gasteiger partial charge in [0.2, 0.25) is 0 Å². The van der Waals surface area contributed by atoms with Crippen LogP contribution in [0.25, 0.3) is 10.8 Å². The minimum atomic E-state index is 0. The first-order valence-electron chi connectivity index (χ1n) is 7.74. The molecule has 0 aromatic heterocycles. The summed E-state index contributed by atoms with van der Waals surface area (Å²) in [5, 5.41) is 9.30. The molecule has 0 atom stereocenters. The quantitative estimate of drug-likeness (QED) is 0.291. The molecular weight excluding hydrogens is 417 g/mol. The number of fused-ring (bicyclic) bond motifs is 1. The molecule has 0 fully saturated rings. The van der Waals surface area contributed by atoms with E-state index in [0.717, 1.165) is 19.0 Å². The van der Waals surface area contributed by atoms with Crippen LogP contribution < -0.4 is 10.6 Å². The SMILES string of the molecule is CN=C(NCCCCSC)NCc1ccc2ccccc2c1.I. The predicted octanol–water partition coefficient (Wildman–Crippen LogP) is 4.27. The highest BCUT2D eigenvalue weighted by Crippen LogP contribution is 2.15. The topological polar surface area (TPSA) is 36.4 Å². The van der Waals surface area contributed by atoms with Crippen molar-refractivity contribution in [2.75, 3.05) is 25.6 Å². The third-order valence-electron chi connectivity index (χ3n) is 3.57. The fourth-order valence-corrected chi connectivity index (χ4v) is 2.83. The zero-order chi connectivity index (χ0) is 15.6. The van der Waals surface area contributed by atoms with Crippen molar-refractivity contribution < 1.29 is 0 Å². The van der Waals surface area contributed by atoms with Crippen LogP contribution in [0.3, 0.4) is 0 Å². The van der Waals surface area contributed by atoms with Gasteiger partial charge in [-0.3, -0.25) is 4.99 Å². The lowest BCUT2D eigenvalue weighted by Crippen LogP contribution is -2.37. The molecule has 0 saturated heterocycles. The average Bonchev–Trinajstić information content (AvgIpc) is 2.57. The molecule has 23 heavy (non-hydrogen) atoms. The fourth-order valence-electron chi connectivity index (χ4n) is 2.33. The average molecular weight is 443 g/mol. The third kappa shape index (κ3) is 6.99. The van der Waals surface area contributed by atoms with E-state index < -0.39 is 0 Å². The zero-order valence-electron chi connectivity index (χ0n) is 13.8. The van der Waals surface area contributed by atoms with Gasteiger partial charge in [-0.1, -0.05) is 36.4 Å². The van der Waals surface area contributed by atoms with E-state index in [-0.39, 0.29) is 24.0 Å². The number of nitrogens with one attached hydrogen (secondary N) is 2. The minimum Gasteiger partial charge on any atom is -0.356 e. The Hall–Kier alpha value is -0.950. The van der Waals surface area contributed by atoms with E-state index in [1.54, 1.807) is 0 Å². The molecular formula is C18H26IN3S. The van der Waals surface area contributed by atoms with Gasteiger partial charge in [0.05, 0.1) is 0 Å². The molecule has 2 N–H and O–H groups in total. The van der Waals surface area contributed by atoms with Crippen molar-refractivity contribution in [1.29, 1.82) is 0 Å². The van der Waals surface area contributed by atoms with Gasteiger partial charge in [-0.05, 0) is 47.3 Å². The van der Waals surface area contributed by atoms with Gasteiger partial charge < -0.3 is 10.6 Å². The molecule has 0 aliphatic rings. The van der Waals surface area contributed by atoms with Crippen molar-refractivity contribution >= 4 is 52.5 Å².